The zero-order chi connectivity index (χ0) is 17.8. The molecule has 0 unspecified atom stereocenters. The molecule has 2 N–H and O–H groups in total. The molecule has 3 heterocycles. The van der Waals surface area contributed by atoms with Gasteiger partial charge >= 0.3 is 0 Å². The number of H-pyrrole nitrogens is 1. The number of aromatic nitrogens is 2. The monoisotopic (exact) mass is 366 g/mol. The maximum atomic E-state index is 12.3. The lowest BCUT2D eigenvalue weighted by molar-refractivity contribution is -0.121. The first-order valence-electron chi connectivity index (χ1n) is 8.94. The number of thiophene rings is 1. The van der Waals surface area contributed by atoms with Crippen LogP contribution in [0.4, 0.5) is 5.82 Å². The van der Waals surface area contributed by atoms with Crippen molar-refractivity contribution in [3.05, 3.63) is 58.8 Å². The zero-order valence-electron chi connectivity index (χ0n) is 14.5. The van der Waals surface area contributed by atoms with Gasteiger partial charge in [-0.1, -0.05) is 30.3 Å². The van der Waals surface area contributed by atoms with Crippen molar-refractivity contribution in [1.82, 2.24) is 15.5 Å². The molecule has 3 aromatic rings. The van der Waals surface area contributed by atoms with Crippen molar-refractivity contribution in [2.75, 3.05) is 18.0 Å². The molecule has 1 atom stereocenters. The molecule has 26 heavy (non-hydrogen) atoms. The topological polar surface area (TPSA) is 61.0 Å². The third kappa shape index (κ3) is 3.96. The van der Waals surface area contributed by atoms with Crippen molar-refractivity contribution in [1.29, 1.82) is 0 Å². The van der Waals surface area contributed by atoms with Crippen molar-refractivity contribution in [3.63, 3.8) is 0 Å². The molecule has 0 aliphatic carbocycles. The van der Waals surface area contributed by atoms with E-state index >= 15 is 0 Å². The fraction of sp³-hybridized carbons (Fsp3) is 0.300. The maximum Gasteiger partial charge on any atom is 0.224 e. The number of benzene rings is 1. The predicted octanol–water partition coefficient (Wildman–Crippen LogP) is 3.47. The summed E-state index contributed by atoms with van der Waals surface area (Å²) in [6, 6.07) is 14.5. The fourth-order valence-electron chi connectivity index (χ4n) is 3.40. The van der Waals surface area contributed by atoms with E-state index in [1.165, 1.54) is 0 Å². The summed E-state index contributed by atoms with van der Waals surface area (Å²) < 4.78 is 0. The van der Waals surface area contributed by atoms with Crippen LogP contribution < -0.4 is 10.2 Å². The summed E-state index contributed by atoms with van der Waals surface area (Å²) in [5.41, 5.74) is 3.23. The molecular weight excluding hydrogens is 344 g/mol. The normalized spacial score (nSPS) is 17.2. The van der Waals surface area contributed by atoms with Gasteiger partial charge in [0.05, 0.1) is 12.1 Å². The Morgan fingerprint density at radius 3 is 3.00 bits per heavy atom. The zero-order valence-corrected chi connectivity index (χ0v) is 15.3. The Balaban J connectivity index is 1.38. The second-order valence-corrected chi connectivity index (χ2v) is 7.45. The van der Waals surface area contributed by atoms with Gasteiger partial charge in [0.25, 0.3) is 0 Å². The average Bonchev–Trinajstić information content (AvgIpc) is 3.34. The van der Waals surface area contributed by atoms with Crippen LogP contribution in [0.1, 0.15) is 18.4 Å². The molecular formula is C20H22N4OS. The molecule has 134 valence electrons. The minimum absolute atomic E-state index is 0.0993. The van der Waals surface area contributed by atoms with E-state index in [4.69, 9.17) is 0 Å². The van der Waals surface area contributed by atoms with E-state index in [2.05, 4.69) is 38.6 Å². The summed E-state index contributed by atoms with van der Waals surface area (Å²) in [7, 11) is 0. The van der Waals surface area contributed by atoms with Crippen LogP contribution >= 0.6 is 11.3 Å². The average molecular weight is 366 g/mol. The van der Waals surface area contributed by atoms with Gasteiger partial charge in [-0.05, 0) is 40.8 Å². The van der Waals surface area contributed by atoms with Gasteiger partial charge in [-0.15, -0.1) is 0 Å². The van der Waals surface area contributed by atoms with Gasteiger partial charge in [0.2, 0.25) is 5.91 Å². The van der Waals surface area contributed by atoms with Crippen molar-refractivity contribution >= 4 is 23.1 Å². The van der Waals surface area contributed by atoms with Crippen LogP contribution in [0, 0.1) is 0 Å². The highest BCUT2D eigenvalue weighted by Crippen LogP contribution is 2.24. The molecule has 0 spiro atoms. The lowest BCUT2D eigenvalue weighted by atomic mass is 10.0. The number of nitrogens with zero attached hydrogens (tertiary/aromatic N) is 2. The Hall–Kier alpha value is -2.60. The number of nitrogens with one attached hydrogen (secondary N) is 2. The Kier molecular flexibility index (Phi) is 5.02. The molecule has 0 radical (unpaired) electrons. The Bertz CT molecular complexity index is 844. The quantitative estimate of drug-likeness (QED) is 0.727. The Morgan fingerprint density at radius 2 is 2.19 bits per heavy atom. The van der Waals surface area contributed by atoms with Gasteiger partial charge in [-0.2, -0.15) is 16.4 Å². The third-order valence-electron chi connectivity index (χ3n) is 4.70. The van der Waals surface area contributed by atoms with E-state index in [0.717, 1.165) is 48.6 Å². The molecule has 6 heteroatoms. The second-order valence-electron chi connectivity index (χ2n) is 6.67. The summed E-state index contributed by atoms with van der Waals surface area (Å²) in [6.07, 6.45) is 2.53. The lowest BCUT2D eigenvalue weighted by Crippen LogP contribution is -2.48. The standard InChI is InChI=1S/C20H22N4OS/c25-20(11-15-8-10-26-14-15)21-17-7-4-9-24(13-17)19-12-18(22-23-19)16-5-2-1-3-6-16/h1-3,5-6,8,10,12,14,17H,4,7,9,11,13H2,(H,21,25)(H,22,23)/t17-/m1/s1. The fourth-order valence-corrected chi connectivity index (χ4v) is 4.07. The van der Waals surface area contributed by atoms with Crippen molar-refractivity contribution in [2.24, 2.45) is 0 Å². The first kappa shape index (κ1) is 16.8. The SMILES string of the molecule is O=C(Cc1ccsc1)N[C@@H]1CCCN(c2cc(-c3ccccc3)[nH]n2)C1. The van der Waals surface area contributed by atoms with Gasteiger partial charge in [-0.3, -0.25) is 9.89 Å². The largest absolute Gasteiger partial charge is 0.353 e. The van der Waals surface area contributed by atoms with E-state index < -0.39 is 0 Å². The number of rotatable bonds is 5. The first-order valence-corrected chi connectivity index (χ1v) is 9.88. The van der Waals surface area contributed by atoms with Crippen molar-refractivity contribution < 1.29 is 4.79 Å². The van der Waals surface area contributed by atoms with Crippen LogP contribution in [-0.4, -0.2) is 35.2 Å². The van der Waals surface area contributed by atoms with E-state index in [1.54, 1.807) is 11.3 Å². The highest BCUT2D eigenvalue weighted by molar-refractivity contribution is 7.08. The molecule has 1 fully saturated rings. The van der Waals surface area contributed by atoms with Crippen LogP contribution in [0.15, 0.2) is 53.2 Å². The van der Waals surface area contributed by atoms with Gasteiger partial charge in [0, 0.05) is 25.2 Å². The van der Waals surface area contributed by atoms with E-state index in [0.29, 0.717) is 6.42 Å². The summed E-state index contributed by atoms with van der Waals surface area (Å²) in [5, 5.41) is 14.8. The minimum Gasteiger partial charge on any atom is -0.353 e. The summed E-state index contributed by atoms with van der Waals surface area (Å²) in [6.45, 7) is 1.77. The van der Waals surface area contributed by atoms with E-state index in [-0.39, 0.29) is 11.9 Å². The van der Waals surface area contributed by atoms with Gasteiger partial charge in [0.15, 0.2) is 5.82 Å². The summed E-state index contributed by atoms with van der Waals surface area (Å²) in [5.74, 6) is 1.04. The predicted molar refractivity (Wildman–Crippen MR) is 105 cm³/mol. The minimum atomic E-state index is 0.0993. The molecule has 1 aliphatic rings. The first-order chi connectivity index (χ1) is 12.8. The van der Waals surface area contributed by atoms with Gasteiger partial charge < -0.3 is 10.2 Å². The molecule has 1 saturated heterocycles. The van der Waals surface area contributed by atoms with Gasteiger partial charge in [-0.25, -0.2) is 0 Å². The van der Waals surface area contributed by atoms with Crippen LogP contribution in [0.25, 0.3) is 11.3 Å². The highest BCUT2D eigenvalue weighted by Gasteiger charge is 2.23. The van der Waals surface area contributed by atoms with Crippen LogP contribution in [0.5, 0.6) is 0 Å². The van der Waals surface area contributed by atoms with Crippen LogP contribution in [-0.2, 0) is 11.2 Å². The Morgan fingerprint density at radius 1 is 1.31 bits per heavy atom. The number of anilines is 1. The summed E-state index contributed by atoms with van der Waals surface area (Å²) in [4.78, 5) is 14.5. The number of aromatic amines is 1. The molecule has 1 aliphatic heterocycles. The molecule has 4 rings (SSSR count). The van der Waals surface area contributed by atoms with Gasteiger partial charge in [0.1, 0.15) is 0 Å². The van der Waals surface area contributed by atoms with Crippen LogP contribution in [0.2, 0.25) is 0 Å². The molecule has 2 aromatic heterocycles. The second kappa shape index (κ2) is 7.74. The Labute approximate surface area is 157 Å². The number of hydrogen-bond acceptors (Lipinski definition) is 4. The summed E-state index contributed by atoms with van der Waals surface area (Å²) >= 11 is 1.63. The molecule has 0 saturated carbocycles. The maximum absolute atomic E-state index is 12.3. The van der Waals surface area contributed by atoms with Crippen LogP contribution in [0.3, 0.4) is 0 Å². The number of amides is 1. The smallest absolute Gasteiger partial charge is 0.224 e. The van der Waals surface area contributed by atoms with E-state index in [9.17, 15) is 4.79 Å². The molecule has 1 aromatic carbocycles. The molecule has 1 amide bonds. The number of hydrogen-bond donors (Lipinski definition) is 2. The third-order valence-corrected chi connectivity index (χ3v) is 5.44. The molecule has 0 bridgehead atoms. The number of carbonyl (C=O) groups is 1. The van der Waals surface area contributed by atoms with Crippen molar-refractivity contribution in [3.8, 4) is 11.3 Å². The van der Waals surface area contributed by atoms with Crippen molar-refractivity contribution in [2.45, 2.75) is 25.3 Å². The van der Waals surface area contributed by atoms with E-state index in [1.807, 2.05) is 35.0 Å². The molecule has 5 nitrogen and oxygen atoms in total. The number of carbonyl (C=O) groups excluding carboxylic acids is 1. The highest BCUT2D eigenvalue weighted by atomic mass is 32.1. The lowest BCUT2D eigenvalue weighted by Gasteiger charge is -2.33. The number of piperidine rings is 1.